The van der Waals surface area contributed by atoms with Crippen LogP contribution in [0.2, 0.25) is 0 Å². The van der Waals surface area contributed by atoms with Crippen LogP contribution in [-0.2, 0) is 5.41 Å². The van der Waals surface area contributed by atoms with Crippen LogP contribution in [0.1, 0.15) is 79.4 Å². The number of aromatic nitrogens is 1. The van der Waals surface area contributed by atoms with Gasteiger partial charge in [0.1, 0.15) is 0 Å². The molecule has 4 rings (SSSR count). The molecule has 0 saturated heterocycles. The van der Waals surface area contributed by atoms with Gasteiger partial charge in [-0.25, -0.2) is 0 Å². The average Bonchev–Trinajstić information content (AvgIpc) is 3.65. The predicted molar refractivity (Wildman–Crippen MR) is 120 cm³/mol. The Morgan fingerprint density at radius 1 is 1.09 bits per heavy atom. The Hall–Kier alpha value is -2.41. The molecule has 4 nitrogen and oxygen atoms in total. The van der Waals surface area contributed by atoms with Gasteiger partial charge in [-0.15, -0.1) is 0 Å². The van der Waals surface area contributed by atoms with Crippen molar-refractivity contribution in [3.63, 3.8) is 0 Å². The number of alkyl halides is 3. The van der Waals surface area contributed by atoms with Crippen LogP contribution in [0.15, 0.2) is 48.7 Å². The lowest BCUT2D eigenvalue weighted by Gasteiger charge is -2.43. The van der Waals surface area contributed by atoms with Crippen molar-refractivity contribution in [1.29, 1.82) is 0 Å². The fraction of sp³-hybridized carbons (Fsp3) is 0.538. The molecule has 1 aromatic carbocycles. The van der Waals surface area contributed by atoms with E-state index in [1.807, 2.05) is 23.1 Å². The lowest BCUT2D eigenvalue weighted by molar-refractivity contribution is -0.146. The number of nitrogens with zero attached hydrogens (tertiary/aromatic N) is 2. The van der Waals surface area contributed by atoms with Crippen molar-refractivity contribution in [2.75, 3.05) is 6.61 Å². The summed E-state index contributed by atoms with van der Waals surface area (Å²) in [5.41, 5.74) is 1.42. The fourth-order valence-corrected chi connectivity index (χ4v) is 5.19. The third-order valence-electron chi connectivity index (χ3n) is 7.43. The highest BCUT2D eigenvalue weighted by molar-refractivity contribution is 5.95. The maximum Gasteiger partial charge on any atom is 0.395 e. The summed E-state index contributed by atoms with van der Waals surface area (Å²) in [6.45, 7) is 1.23. The minimum absolute atomic E-state index is 0.0919. The molecule has 2 saturated carbocycles. The second-order valence-corrected chi connectivity index (χ2v) is 9.53. The van der Waals surface area contributed by atoms with E-state index in [1.165, 1.54) is 24.3 Å². The summed E-state index contributed by atoms with van der Waals surface area (Å²) < 4.78 is 39.1. The Morgan fingerprint density at radius 2 is 1.73 bits per heavy atom. The van der Waals surface area contributed by atoms with Gasteiger partial charge in [0.25, 0.3) is 5.91 Å². The standard InChI is InChI=1S/C26H31F3N2O2/c1-18(26(27,28)29)19-5-7-20(8-6-19)24(33)31(21-9-10-21)22-11-13-25(14-12-22,15-17-32)23-4-2-3-16-30-23/h2-8,16,18,21-22,32H,9-15,17H2,1H3. The molecule has 33 heavy (non-hydrogen) atoms. The summed E-state index contributed by atoms with van der Waals surface area (Å²) in [7, 11) is 0. The number of carbonyl (C=O) groups is 1. The summed E-state index contributed by atoms with van der Waals surface area (Å²) in [6, 6.07) is 12.1. The van der Waals surface area contributed by atoms with Gasteiger partial charge in [0.15, 0.2) is 0 Å². The number of aliphatic hydroxyl groups excluding tert-OH is 1. The molecule has 2 aromatic rings. The summed E-state index contributed by atoms with van der Waals surface area (Å²) in [5.74, 6) is -1.66. The van der Waals surface area contributed by atoms with E-state index in [-0.39, 0.29) is 35.6 Å². The number of carbonyl (C=O) groups excluding carboxylic acids is 1. The quantitative estimate of drug-likeness (QED) is 0.584. The van der Waals surface area contributed by atoms with E-state index in [0.29, 0.717) is 12.0 Å². The van der Waals surface area contributed by atoms with Crippen LogP contribution in [0.25, 0.3) is 0 Å². The van der Waals surface area contributed by atoms with Crippen LogP contribution in [0.4, 0.5) is 13.2 Å². The van der Waals surface area contributed by atoms with E-state index in [0.717, 1.165) is 51.1 Å². The van der Waals surface area contributed by atoms with Crippen LogP contribution in [0.5, 0.6) is 0 Å². The maximum absolute atomic E-state index is 13.4. The van der Waals surface area contributed by atoms with Crippen LogP contribution < -0.4 is 0 Å². The third kappa shape index (κ3) is 5.08. The molecule has 0 aliphatic heterocycles. The number of benzene rings is 1. The molecule has 0 spiro atoms. The number of aliphatic hydroxyl groups is 1. The smallest absolute Gasteiger partial charge is 0.395 e. The molecule has 1 amide bonds. The zero-order valence-electron chi connectivity index (χ0n) is 18.9. The van der Waals surface area contributed by atoms with Gasteiger partial charge in [-0.1, -0.05) is 18.2 Å². The molecule has 1 heterocycles. The second kappa shape index (κ2) is 9.45. The first-order valence-electron chi connectivity index (χ1n) is 11.8. The molecule has 1 aromatic heterocycles. The van der Waals surface area contributed by atoms with Gasteiger partial charge in [0.2, 0.25) is 0 Å². The molecule has 2 aliphatic rings. The predicted octanol–water partition coefficient (Wildman–Crippen LogP) is 5.62. The Bertz CT molecular complexity index is 934. The van der Waals surface area contributed by atoms with Gasteiger partial charge < -0.3 is 10.0 Å². The zero-order chi connectivity index (χ0) is 23.6. The fourth-order valence-electron chi connectivity index (χ4n) is 5.19. The lowest BCUT2D eigenvalue weighted by atomic mass is 9.68. The molecule has 0 radical (unpaired) electrons. The van der Waals surface area contributed by atoms with Crippen LogP contribution in [0, 0.1) is 0 Å². The number of rotatable bonds is 7. The van der Waals surface area contributed by atoms with E-state index in [1.54, 1.807) is 6.20 Å². The minimum atomic E-state index is -4.30. The normalized spacial score (nSPS) is 24.3. The van der Waals surface area contributed by atoms with Crippen molar-refractivity contribution >= 4 is 5.91 Å². The molecule has 1 unspecified atom stereocenters. The lowest BCUT2D eigenvalue weighted by Crippen LogP contribution is -2.47. The van der Waals surface area contributed by atoms with E-state index in [2.05, 4.69) is 4.98 Å². The Labute approximate surface area is 192 Å². The highest BCUT2D eigenvalue weighted by Gasteiger charge is 2.44. The largest absolute Gasteiger partial charge is 0.396 e. The molecular formula is C26H31F3N2O2. The van der Waals surface area contributed by atoms with Crippen molar-refractivity contribution in [3.05, 3.63) is 65.5 Å². The molecule has 7 heteroatoms. The number of hydrogen-bond donors (Lipinski definition) is 1. The van der Waals surface area contributed by atoms with Gasteiger partial charge >= 0.3 is 6.18 Å². The first-order valence-corrected chi connectivity index (χ1v) is 11.8. The molecule has 2 fully saturated rings. The Balaban J connectivity index is 1.49. The topological polar surface area (TPSA) is 53.4 Å². The van der Waals surface area contributed by atoms with Crippen molar-refractivity contribution in [2.45, 2.75) is 81.5 Å². The SMILES string of the molecule is CC(c1ccc(C(=O)N(C2CC2)C2CCC(CCO)(c3ccccn3)CC2)cc1)C(F)(F)F. The van der Waals surface area contributed by atoms with Gasteiger partial charge in [-0.2, -0.15) is 13.2 Å². The van der Waals surface area contributed by atoms with Crippen LogP contribution >= 0.6 is 0 Å². The minimum Gasteiger partial charge on any atom is -0.396 e. The summed E-state index contributed by atoms with van der Waals surface area (Å²) in [5, 5.41) is 9.70. The highest BCUT2D eigenvalue weighted by atomic mass is 19.4. The van der Waals surface area contributed by atoms with E-state index in [9.17, 15) is 23.1 Å². The van der Waals surface area contributed by atoms with Gasteiger partial charge in [0, 0.05) is 41.6 Å². The van der Waals surface area contributed by atoms with E-state index >= 15 is 0 Å². The van der Waals surface area contributed by atoms with Crippen LogP contribution in [0.3, 0.4) is 0 Å². The molecule has 0 bridgehead atoms. The monoisotopic (exact) mass is 460 g/mol. The first kappa shape index (κ1) is 23.7. The molecule has 1 N–H and O–H groups in total. The molecule has 1 atom stereocenters. The Morgan fingerprint density at radius 3 is 2.24 bits per heavy atom. The summed E-state index contributed by atoms with van der Waals surface area (Å²) in [4.78, 5) is 19.9. The van der Waals surface area contributed by atoms with Crippen molar-refractivity contribution < 1.29 is 23.1 Å². The number of hydrogen-bond acceptors (Lipinski definition) is 3. The zero-order valence-corrected chi connectivity index (χ0v) is 18.9. The second-order valence-electron chi connectivity index (χ2n) is 9.53. The Kier molecular flexibility index (Phi) is 6.80. The molecule has 178 valence electrons. The molecular weight excluding hydrogens is 429 g/mol. The average molecular weight is 461 g/mol. The third-order valence-corrected chi connectivity index (χ3v) is 7.43. The van der Waals surface area contributed by atoms with Crippen molar-refractivity contribution in [2.24, 2.45) is 0 Å². The summed E-state index contributed by atoms with van der Waals surface area (Å²) >= 11 is 0. The number of halogens is 3. The van der Waals surface area contributed by atoms with Crippen LogP contribution in [-0.4, -0.2) is 45.8 Å². The van der Waals surface area contributed by atoms with Crippen molar-refractivity contribution in [3.8, 4) is 0 Å². The first-order chi connectivity index (χ1) is 15.7. The van der Waals surface area contributed by atoms with Crippen molar-refractivity contribution in [1.82, 2.24) is 9.88 Å². The molecule has 2 aliphatic carbocycles. The maximum atomic E-state index is 13.4. The van der Waals surface area contributed by atoms with E-state index < -0.39 is 12.1 Å². The summed E-state index contributed by atoms with van der Waals surface area (Å²) in [6.07, 6.45) is 3.38. The van der Waals surface area contributed by atoms with Gasteiger partial charge in [-0.3, -0.25) is 9.78 Å². The van der Waals surface area contributed by atoms with Gasteiger partial charge in [-0.05, 0) is 81.7 Å². The number of amides is 1. The number of pyridine rings is 1. The van der Waals surface area contributed by atoms with E-state index in [4.69, 9.17) is 0 Å². The van der Waals surface area contributed by atoms with Gasteiger partial charge in [0.05, 0.1) is 5.92 Å². The highest BCUT2D eigenvalue weighted by Crippen LogP contribution is 2.44.